The van der Waals surface area contributed by atoms with Crippen molar-refractivity contribution >= 4 is 33.4 Å². The number of ether oxygens (including phenoxy) is 1. The van der Waals surface area contributed by atoms with Gasteiger partial charge in [-0.1, -0.05) is 30.3 Å². The topological polar surface area (TPSA) is 93.4 Å². The Labute approximate surface area is 167 Å². The van der Waals surface area contributed by atoms with E-state index in [1.54, 1.807) is 23.3 Å². The summed E-state index contributed by atoms with van der Waals surface area (Å²) in [6, 6.07) is 9.95. The molecule has 0 unspecified atom stereocenters. The smallest absolute Gasteiger partial charge is 0.314 e. The maximum atomic E-state index is 11.6. The second-order valence-electron chi connectivity index (χ2n) is 6.88. The van der Waals surface area contributed by atoms with Gasteiger partial charge in [-0.15, -0.1) is 11.3 Å². The Morgan fingerprint density at radius 3 is 2.93 bits per heavy atom. The fourth-order valence-corrected chi connectivity index (χ4v) is 4.57. The van der Waals surface area contributed by atoms with Gasteiger partial charge in [0.1, 0.15) is 17.3 Å². The number of nitrogens with zero attached hydrogens (tertiary/aromatic N) is 3. The Kier molecular flexibility index (Phi) is 5.40. The number of anilines is 1. The van der Waals surface area contributed by atoms with Gasteiger partial charge in [0.05, 0.1) is 5.39 Å². The highest BCUT2D eigenvalue weighted by atomic mass is 32.1. The van der Waals surface area contributed by atoms with Crippen molar-refractivity contribution in [3.8, 4) is 11.1 Å². The van der Waals surface area contributed by atoms with Crippen LogP contribution in [0, 0.1) is 0 Å². The van der Waals surface area contributed by atoms with Crippen molar-refractivity contribution in [2.75, 3.05) is 25.5 Å². The third kappa shape index (κ3) is 3.79. The molecule has 0 saturated carbocycles. The number of fused-ring (bicyclic) bond motifs is 1. The number of likely N-dealkylation sites (tertiary alicyclic amines) is 1. The molecule has 4 rings (SSSR count). The first-order valence-electron chi connectivity index (χ1n) is 9.29. The summed E-state index contributed by atoms with van der Waals surface area (Å²) in [6.45, 7) is 1.63. The lowest BCUT2D eigenvalue weighted by molar-refractivity contribution is 0.178. The molecule has 3 N–H and O–H groups in total. The molecule has 3 aromatic rings. The van der Waals surface area contributed by atoms with Crippen LogP contribution in [-0.2, 0) is 11.3 Å². The number of carbonyl (C=O) groups is 1. The third-order valence-electron chi connectivity index (χ3n) is 4.91. The van der Waals surface area contributed by atoms with E-state index in [-0.39, 0.29) is 12.1 Å². The molecule has 146 valence electrons. The number of rotatable bonds is 5. The summed E-state index contributed by atoms with van der Waals surface area (Å²) in [5.41, 5.74) is 7.71. The summed E-state index contributed by atoms with van der Waals surface area (Å²) < 4.78 is 5.24. The number of benzene rings is 1. The van der Waals surface area contributed by atoms with E-state index >= 15 is 0 Å². The zero-order valence-corrected chi connectivity index (χ0v) is 16.5. The molecule has 1 aromatic carbocycles. The number of nitrogens with two attached hydrogens (primary N) is 1. The van der Waals surface area contributed by atoms with E-state index in [1.165, 1.54) is 0 Å². The van der Waals surface area contributed by atoms with Gasteiger partial charge in [0.15, 0.2) is 5.82 Å². The van der Waals surface area contributed by atoms with E-state index in [2.05, 4.69) is 27.8 Å². The Morgan fingerprint density at radius 2 is 2.18 bits per heavy atom. The van der Waals surface area contributed by atoms with E-state index in [9.17, 15) is 4.79 Å². The number of urea groups is 1. The first kappa shape index (κ1) is 18.6. The van der Waals surface area contributed by atoms with Crippen LogP contribution in [-0.4, -0.2) is 47.1 Å². The number of aromatic nitrogens is 2. The van der Waals surface area contributed by atoms with Gasteiger partial charge in [-0.2, -0.15) is 0 Å². The highest BCUT2D eigenvalue weighted by molar-refractivity contribution is 7.17. The SMILES string of the molecule is COCc1nc(N[C@@H]2CCCN(C(N)=O)C2)c2c(-c3ccccc3)csc2n1. The van der Waals surface area contributed by atoms with E-state index in [1.807, 2.05) is 18.2 Å². The molecule has 1 fully saturated rings. The second-order valence-corrected chi connectivity index (χ2v) is 7.74. The average Bonchev–Trinajstić information content (AvgIpc) is 3.13. The zero-order chi connectivity index (χ0) is 19.5. The van der Waals surface area contributed by atoms with Gasteiger partial charge in [0.25, 0.3) is 0 Å². The Hall–Kier alpha value is -2.71. The number of piperidine rings is 1. The van der Waals surface area contributed by atoms with E-state index in [4.69, 9.17) is 15.5 Å². The van der Waals surface area contributed by atoms with Crippen LogP contribution >= 0.6 is 11.3 Å². The summed E-state index contributed by atoms with van der Waals surface area (Å²) in [5.74, 6) is 1.43. The normalized spacial score (nSPS) is 17.0. The number of amides is 2. The number of hydrogen-bond acceptors (Lipinski definition) is 6. The average molecular weight is 398 g/mol. The van der Waals surface area contributed by atoms with Crippen LogP contribution in [0.4, 0.5) is 10.6 Å². The first-order valence-corrected chi connectivity index (χ1v) is 10.2. The minimum absolute atomic E-state index is 0.0956. The Morgan fingerprint density at radius 1 is 1.36 bits per heavy atom. The highest BCUT2D eigenvalue weighted by Gasteiger charge is 2.24. The molecule has 1 atom stereocenters. The molecule has 28 heavy (non-hydrogen) atoms. The van der Waals surface area contributed by atoms with Gasteiger partial charge in [0.2, 0.25) is 0 Å². The van der Waals surface area contributed by atoms with Crippen LogP contribution in [0.3, 0.4) is 0 Å². The van der Waals surface area contributed by atoms with Crippen molar-refractivity contribution in [3.63, 3.8) is 0 Å². The van der Waals surface area contributed by atoms with Gasteiger partial charge < -0.3 is 20.7 Å². The number of thiophene rings is 1. The fraction of sp³-hybridized carbons (Fsp3) is 0.350. The van der Waals surface area contributed by atoms with Crippen LogP contribution in [0.5, 0.6) is 0 Å². The fourth-order valence-electron chi connectivity index (χ4n) is 3.60. The zero-order valence-electron chi connectivity index (χ0n) is 15.7. The summed E-state index contributed by atoms with van der Waals surface area (Å²) >= 11 is 1.60. The van der Waals surface area contributed by atoms with Gasteiger partial charge in [-0.25, -0.2) is 14.8 Å². The lowest BCUT2D eigenvalue weighted by atomic mass is 10.0. The lowest BCUT2D eigenvalue weighted by Gasteiger charge is -2.32. The molecule has 0 radical (unpaired) electrons. The number of carbonyl (C=O) groups excluding carboxylic acids is 1. The van der Waals surface area contributed by atoms with Crippen molar-refractivity contribution in [2.45, 2.75) is 25.5 Å². The highest BCUT2D eigenvalue weighted by Crippen LogP contribution is 2.37. The van der Waals surface area contributed by atoms with Crippen LogP contribution in [0.1, 0.15) is 18.7 Å². The molecule has 2 amide bonds. The largest absolute Gasteiger partial charge is 0.377 e. The van der Waals surface area contributed by atoms with E-state index in [0.29, 0.717) is 25.5 Å². The second kappa shape index (κ2) is 8.12. The maximum Gasteiger partial charge on any atom is 0.314 e. The Bertz CT molecular complexity index is 975. The molecular weight excluding hydrogens is 374 g/mol. The van der Waals surface area contributed by atoms with E-state index in [0.717, 1.165) is 40.0 Å². The van der Waals surface area contributed by atoms with Crippen molar-refractivity contribution in [1.29, 1.82) is 0 Å². The molecule has 0 aliphatic carbocycles. The molecule has 2 aromatic heterocycles. The monoisotopic (exact) mass is 397 g/mol. The molecule has 0 bridgehead atoms. The predicted octanol–water partition coefficient (Wildman–Crippen LogP) is 3.46. The van der Waals surface area contributed by atoms with Crippen molar-refractivity contribution in [1.82, 2.24) is 14.9 Å². The molecular formula is C20H23N5O2S. The molecule has 3 heterocycles. The standard InChI is InChI=1S/C20H23N5O2S/c1-27-11-16-23-18(22-14-8-5-9-25(10-14)20(21)26)17-15(12-28-19(17)24-16)13-6-3-2-4-7-13/h2-4,6-7,12,14H,5,8-11H2,1H3,(H2,21,26)(H,22,23,24)/t14-/m1/s1. The molecule has 1 aliphatic heterocycles. The molecule has 0 spiro atoms. The molecule has 7 nitrogen and oxygen atoms in total. The summed E-state index contributed by atoms with van der Waals surface area (Å²) in [5, 5.41) is 6.68. The minimum Gasteiger partial charge on any atom is -0.377 e. The van der Waals surface area contributed by atoms with Crippen molar-refractivity contribution < 1.29 is 9.53 Å². The summed E-state index contributed by atoms with van der Waals surface area (Å²) in [7, 11) is 1.64. The quantitative estimate of drug-likeness (QED) is 0.688. The van der Waals surface area contributed by atoms with E-state index < -0.39 is 0 Å². The maximum absolute atomic E-state index is 11.6. The van der Waals surface area contributed by atoms with Crippen molar-refractivity contribution in [3.05, 3.63) is 41.5 Å². The number of hydrogen-bond donors (Lipinski definition) is 2. The predicted molar refractivity (Wildman–Crippen MR) is 111 cm³/mol. The van der Waals surface area contributed by atoms with Gasteiger partial charge in [-0.3, -0.25) is 0 Å². The number of primary amides is 1. The molecule has 1 saturated heterocycles. The first-order chi connectivity index (χ1) is 13.7. The van der Waals surface area contributed by atoms with Crippen LogP contribution in [0.15, 0.2) is 35.7 Å². The third-order valence-corrected chi connectivity index (χ3v) is 5.78. The summed E-state index contributed by atoms with van der Waals surface area (Å²) in [6.07, 6.45) is 1.87. The molecule has 1 aliphatic rings. The number of methoxy groups -OCH3 is 1. The summed E-state index contributed by atoms with van der Waals surface area (Å²) in [4.78, 5) is 23.6. The van der Waals surface area contributed by atoms with Crippen LogP contribution in [0.2, 0.25) is 0 Å². The van der Waals surface area contributed by atoms with Gasteiger partial charge >= 0.3 is 6.03 Å². The lowest BCUT2D eigenvalue weighted by Crippen LogP contribution is -2.47. The Balaban J connectivity index is 1.74. The number of nitrogens with one attached hydrogen (secondary N) is 1. The van der Waals surface area contributed by atoms with Crippen LogP contribution in [0.25, 0.3) is 21.3 Å². The van der Waals surface area contributed by atoms with Crippen LogP contribution < -0.4 is 11.1 Å². The van der Waals surface area contributed by atoms with Gasteiger partial charge in [-0.05, 0) is 18.4 Å². The minimum atomic E-state index is -0.375. The van der Waals surface area contributed by atoms with Crippen molar-refractivity contribution in [2.24, 2.45) is 5.73 Å². The van der Waals surface area contributed by atoms with Gasteiger partial charge in [0, 0.05) is 37.2 Å². The molecule has 8 heteroatoms.